The fourth-order valence-corrected chi connectivity index (χ4v) is 5.29. The Morgan fingerprint density at radius 2 is 2.03 bits per heavy atom. The summed E-state index contributed by atoms with van der Waals surface area (Å²) in [5.41, 5.74) is 2.68. The van der Waals surface area contributed by atoms with Crippen molar-refractivity contribution in [3.8, 4) is 5.75 Å². The highest BCUT2D eigenvalue weighted by Crippen LogP contribution is 2.50. The normalized spacial score (nSPS) is 25.5. The number of aliphatic hydroxyl groups excluding tert-OH is 1. The standard InChI is InChI=1S/C22H21NO7/c1-8(24)11-4-5-12-10-3-6-13(25)18-17(10)20(23(11)12)19-16(22(18)29)9(2)30-14(21(19)28)7-15(26)27/h3,6,8-9,11,14,24,29H,4-5,7H2,1-2H3,(H,26,27)/t8-,9+,11+,14+/m1/s1. The molecule has 0 amide bonds. The van der Waals surface area contributed by atoms with Gasteiger partial charge in [-0.25, -0.2) is 0 Å². The van der Waals surface area contributed by atoms with Gasteiger partial charge in [-0.3, -0.25) is 14.4 Å². The van der Waals surface area contributed by atoms with Crippen LogP contribution in [-0.4, -0.2) is 49.6 Å². The molecule has 8 nitrogen and oxygen atoms in total. The number of aromatic hydroxyl groups is 1. The average molecular weight is 411 g/mol. The molecule has 4 atom stereocenters. The Morgan fingerprint density at radius 3 is 2.70 bits per heavy atom. The third-order valence-corrected chi connectivity index (χ3v) is 6.48. The number of benzene rings is 1. The molecule has 5 rings (SSSR count). The van der Waals surface area contributed by atoms with Gasteiger partial charge in [0.05, 0.1) is 41.3 Å². The van der Waals surface area contributed by atoms with E-state index in [-0.39, 0.29) is 34.3 Å². The van der Waals surface area contributed by atoms with E-state index in [1.165, 1.54) is 6.08 Å². The van der Waals surface area contributed by atoms with Crippen LogP contribution < -0.4 is 0 Å². The smallest absolute Gasteiger partial charge is 0.306 e. The van der Waals surface area contributed by atoms with Crippen LogP contribution in [0, 0.1) is 0 Å². The van der Waals surface area contributed by atoms with Crippen LogP contribution in [0.4, 0.5) is 0 Å². The number of allylic oxidation sites excluding steroid dienone is 1. The molecule has 1 aliphatic carbocycles. The van der Waals surface area contributed by atoms with Gasteiger partial charge >= 0.3 is 5.97 Å². The summed E-state index contributed by atoms with van der Waals surface area (Å²) in [5, 5.41) is 31.1. The Balaban J connectivity index is 1.92. The van der Waals surface area contributed by atoms with Crippen LogP contribution in [0.5, 0.6) is 5.75 Å². The predicted octanol–water partition coefficient (Wildman–Crippen LogP) is 2.54. The first kappa shape index (κ1) is 19.0. The van der Waals surface area contributed by atoms with Crippen molar-refractivity contribution in [1.29, 1.82) is 0 Å². The van der Waals surface area contributed by atoms with E-state index in [4.69, 9.17) is 4.74 Å². The van der Waals surface area contributed by atoms with Gasteiger partial charge in [-0.15, -0.1) is 0 Å². The number of carbonyl (C=O) groups excluding carboxylic acids is 2. The highest BCUT2D eigenvalue weighted by atomic mass is 16.5. The van der Waals surface area contributed by atoms with E-state index < -0.39 is 36.5 Å². The third kappa shape index (κ3) is 2.31. The van der Waals surface area contributed by atoms with Gasteiger partial charge in [0.15, 0.2) is 11.6 Å². The van der Waals surface area contributed by atoms with Gasteiger partial charge in [0.25, 0.3) is 0 Å². The summed E-state index contributed by atoms with van der Waals surface area (Å²) in [6.07, 6.45) is 1.30. The van der Waals surface area contributed by atoms with Gasteiger partial charge in [0.1, 0.15) is 11.9 Å². The zero-order chi connectivity index (χ0) is 21.5. The van der Waals surface area contributed by atoms with E-state index in [0.717, 1.165) is 11.3 Å². The van der Waals surface area contributed by atoms with E-state index in [2.05, 4.69) is 0 Å². The summed E-state index contributed by atoms with van der Waals surface area (Å²) in [6, 6.07) is -0.289. The predicted molar refractivity (Wildman–Crippen MR) is 106 cm³/mol. The van der Waals surface area contributed by atoms with Crippen molar-refractivity contribution in [3.05, 3.63) is 34.0 Å². The maximum absolute atomic E-state index is 13.4. The van der Waals surface area contributed by atoms with Crippen molar-refractivity contribution >= 4 is 34.5 Å². The van der Waals surface area contributed by atoms with Crippen molar-refractivity contribution in [1.82, 2.24) is 4.57 Å². The summed E-state index contributed by atoms with van der Waals surface area (Å²) in [7, 11) is 0. The summed E-state index contributed by atoms with van der Waals surface area (Å²) >= 11 is 0. The first-order valence-electron chi connectivity index (χ1n) is 9.99. The number of carbonyl (C=O) groups is 3. The molecule has 0 unspecified atom stereocenters. The maximum Gasteiger partial charge on any atom is 0.306 e. The number of aliphatic carboxylic acids is 1. The highest BCUT2D eigenvalue weighted by molar-refractivity contribution is 6.26. The van der Waals surface area contributed by atoms with Crippen LogP contribution >= 0.6 is 0 Å². The summed E-state index contributed by atoms with van der Waals surface area (Å²) in [5.74, 6) is -2.35. The fraction of sp³-hybridized carbons (Fsp3) is 0.409. The zero-order valence-electron chi connectivity index (χ0n) is 16.5. The molecule has 3 aliphatic rings. The number of ketones is 2. The van der Waals surface area contributed by atoms with Gasteiger partial charge < -0.3 is 24.6 Å². The first-order chi connectivity index (χ1) is 14.2. The van der Waals surface area contributed by atoms with E-state index in [1.54, 1.807) is 19.9 Å². The number of phenols is 1. The molecule has 3 N–H and O–H groups in total. The molecule has 0 bridgehead atoms. The van der Waals surface area contributed by atoms with Crippen LogP contribution in [0.2, 0.25) is 0 Å². The van der Waals surface area contributed by atoms with Crippen LogP contribution in [0.3, 0.4) is 0 Å². The Labute approximate surface area is 171 Å². The molecule has 30 heavy (non-hydrogen) atoms. The SMILES string of the molecule is C[C@@H]1O[C@@H](CC(=O)O)C(=O)c2c1c(O)c1c3c(c4n(c23)[C@H]([C@@H](C)O)CC4)C=CC1=O. The van der Waals surface area contributed by atoms with Gasteiger partial charge in [-0.05, 0) is 38.8 Å². The van der Waals surface area contributed by atoms with Crippen molar-refractivity contribution in [2.75, 3.05) is 0 Å². The number of ether oxygens (including phenoxy) is 1. The second-order valence-electron chi connectivity index (χ2n) is 8.24. The molecule has 0 radical (unpaired) electrons. The second-order valence-corrected chi connectivity index (χ2v) is 8.24. The molecule has 0 spiro atoms. The lowest BCUT2D eigenvalue weighted by molar-refractivity contribution is -0.140. The van der Waals surface area contributed by atoms with Crippen molar-refractivity contribution in [3.63, 3.8) is 0 Å². The van der Waals surface area contributed by atoms with E-state index >= 15 is 0 Å². The van der Waals surface area contributed by atoms with Crippen LogP contribution in [-0.2, 0) is 16.0 Å². The number of carboxylic acids is 1. The molecule has 0 saturated carbocycles. The molecule has 8 heteroatoms. The number of rotatable bonds is 3. The summed E-state index contributed by atoms with van der Waals surface area (Å²) in [6.45, 7) is 3.31. The second kappa shape index (κ2) is 6.26. The number of aliphatic hydroxyl groups is 1. The molecule has 0 fully saturated rings. The van der Waals surface area contributed by atoms with Crippen molar-refractivity contribution < 1.29 is 34.4 Å². The molecular weight excluding hydrogens is 390 g/mol. The molecule has 3 heterocycles. The third-order valence-electron chi connectivity index (χ3n) is 6.48. The molecule has 0 saturated heterocycles. The van der Waals surface area contributed by atoms with E-state index in [1.807, 2.05) is 4.57 Å². The number of Topliss-reactive ketones (excluding diaryl/α,β-unsaturated/α-hetero) is 1. The van der Waals surface area contributed by atoms with Gasteiger partial charge in [0, 0.05) is 22.2 Å². The Bertz CT molecular complexity index is 1190. The number of fused-ring (bicyclic) bond motifs is 5. The summed E-state index contributed by atoms with van der Waals surface area (Å²) in [4.78, 5) is 37.4. The van der Waals surface area contributed by atoms with Gasteiger partial charge in [0.2, 0.25) is 0 Å². The molecule has 1 aromatic heterocycles. The largest absolute Gasteiger partial charge is 0.507 e. The molecule has 2 aromatic rings. The topological polar surface area (TPSA) is 126 Å². The molecule has 2 aliphatic heterocycles. The highest BCUT2D eigenvalue weighted by Gasteiger charge is 2.43. The summed E-state index contributed by atoms with van der Waals surface area (Å²) < 4.78 is 7.55. The monoisotopic (exact) mass is 411 g/mol. The lowest BCUT2D eigenvalue weighted by Crippen LogP contribution is -2.35. The number of hydrogen-bond donors (Lipinski definition) is 3. The van der Waals surface area contributed by atoms with Crippen LogP contribution in [0.25, 0.3) is 17.0 Å². The maximum atomic E-state index is 13.4. The van der Waals surface area contributed by atoms with Crippen molar-refractivity contribution in [2.45, 2.75) is 57.5 Å². The fourth-order valence-electron chi connectivity index (χ4n) is 5.29. The molecular formula is C22H21NO7. The number of carboxylic acid groups (broad SMARTS) is 1. The molecule has 156 valence electrons. The Kier molecular flexibility index (Phi) is 3.97. The Hall–Kier alpha value is -2.97. The average Bonchev–Trinajstić information content (AvgIpc) is 3.22. The number of phenolic OH excluding ortho intramolecular Hbond substituents is 1. The van der Waals surface area contributed by atoms with E-state index in [9.17, 15) is 29.7 Å². The minimum absolute atomic E-state index is 0.132. The van der Waals surface area contributed by atoms with Crippen LogP contribution in [0.1, 0.15) is 76.4 Å². The van der Waals surface area contributed by atoms with Crippen LogP contribution in [0.15, 0.2) is 6.08 Å². The number of nitrogens with zero attached hydrogens (tertiary/aromatic N) is 1. The first-order valence-corrected chi connectivity index (χ1v) is 9.99. The lowest BCUT2D eigenvalue weighted by atomic mass is 9.83. The molecule has 1 aromatic carbocycles. The minimum Gasteiger partial charge on any atom is -0.507 e. The van der Waals surface area contributed by atoms with Crippen molar-refractivity contribution in [2.24, 2.45) is 0 Å². The zero-order valence-corrected chi connectivity index (χ0v) is 16.5. The van der Waals surface area contributed by atoms with Gasteiger partial charge in [-0.2, -0.15) is 0 Å². The van der Waals surface area contributed by atoms with Gasteiger partial charge in [-0.1, -0.05) is 0 Å². The quantitative estimate of drug-likeness (QED) is 0.708. The number of aromatic nitrogens is 1. The van der Waals surface area contributed by atoms with E-state index in [0.29, 0.717) is 23.7 Å². The lowest BCUT2D eigenvalue weighted by Gasteiger charge is -2.31. The Morgan fingerprint density at radius 1 is 1.30 bits per heavy atom. The number of hydrogen-bond acceptors (Lipinski definition) is 6. The minimum atomic E-state index is -1.19.